The SMILES string of the molecule is CCCCC(CNC)C(=O)N1C(=O)OC(C)(C)C1Cc1ccccc1. The molecule has 1 aliphatic heterocycles. The van der Waals surface area contributed by atoms with E-state index in [0.29, 0.717) is 13.0 Å². The van der Waals surface area contributed by atoms with E-state index in [9.17, 15) is 9.59 Å². The van der Waals surface area contributed by atoms with Crippen LogP contribution < -0.4 is 5.32 Å². The summed E-state index contributed by atoms with van der Waals surface area (Å²) in [5.74, 6) is -0.330. The van der Waals surface area contributed by atoms with Gasteiger partial charge in [-0.25, -0.2) is 9.69 Å². The number of ether oxygens (including phenoxy) is 1. The van der Waals surface area contributed by atoms with Crippen molar-refractivity contribution in [3.8, 4) is 0 Å². The van der Waals surface area contributed by atoms with Gasteiger partial charge in [0.15, 0.2) is 0 Å². The van der Waals surface area contributed by atoms with Crippen molar-refractivity contribution in [3.05, 3.63) is 35.9 Å². The van der Waals surface area contributed by atoms with Gasteiger partial charge in [-0.05, 0) is 39.3 Å². The van der Waals surface area contributed by atoms with E-state index in [-0.39, 0.29) is 17.9 Å². The maximum Gasteiger partial charge on any atom is 0.417 e. The molecule has 1 saturated heterocycles. The predicted octanol–water partition coefficient (Wildman–Crippen LogP) is 3.38. The van der Waals surface area contributed by atoms with Crippen LogP contribution in [0.3, 0.4) is 0 Å². The first kappa shape index (κ1) is 19.4. The Balaban J connectivity index is 2.24. The minimum Gasteiger partial charge on any atom is -0.441 e. The summed E-state index contributed by atoms with van der Waals surface area (Å²) >= 11 is 0. The lowest BCUT2D eigenvalue weighted by Crippen LogP contribution is -2.49. The van der Waals surface area contributed by atoms with Crippen LogP contribution in [-0.4, -0.2) is 42.1 Å². The summed E-state index contributed by atoms with van der Waals surface area (Å²) in [5.41, 5.74) is 0.396. The molecule has 1 aliphatic rings. The summed E-state index contributed by atoms with van der Waals surface area (Å²) in [7, 11) is 1.83. The second-order valence-corrected chi connectivity index (χ2v) is 7.28. The number of amides is 2. The monoisotopic (exact) mass is 346 g/mol. The molecule has 25 heavy (non-hydrogen) atoms. The number of carbonyl (C=O) groups is 2. The number of rotatable bonds is 8. The van der Waals surface area contributed by atoms with Crippen LogP contribution in [0.5, 0.6) is 0 Å². The molecule has 1 fully saturated rings. The molecule has 2 unspecified atom stereocenters. The van der Waals surface area contributed by atoms with E-state index in [1.165, 1.54) is 4.90 Å². The lowest BCUT2D eigenvalue weighted by Gasteiger charge is -2.30. The van der Waals surface area contributed by atoms with Crippen LogP contribution in [0.15, 0.2) is 30.3 Å². The molecule has 138 valence electrons. The van der Waals surface area contributed by atoms with Gasteiger partial charge in [-0.3, -0.25) is 4.79 Å². The van der Waals surface area contributed by atoms with E-state index in [1.54, 1.807) is 0 Å². The number of hydrogen-bond donors (Lipinski definition) is 1. The molecule has 0 radical (unpaired) electrons. The molecule has 2 rings (SSSR count). The Kier molecular flexibility index (Phi) is 6.59. The van der Waals surface area contributed by atoms with E-state index in [4.69, 9.17) is 4.74 Å². The fraction of sp³-hybridized carbons (Fsp3) is 0.600. The molecule has 0 saturated carbocycles. The third-order valence-electron chi connectivity index (χ3n) is 4.88. The zero-order chi connectivity index (χ0) is 18.4. The molecule has 2 atom stereocenters. The molecular formula is C20H30N2O3. The maximum absolute atomic E-state index is 13.1. The van der Waals surface area contributed by atoms with E-state index >= 15 is 0 Å². The first-order valence-electron chi connectivity index (χ1n) is 9.15. The molecule has 5 nitrogen and oxygen atoms in total. The quantitative estimate of drug-likeness (QED) is 0.784. The van der Waals surface area contributed by atoms with Crippen molar-refractivity contribution in [1.82, 2.24) is 10.2 Å². The summed E-state index contributed by atoms with van der Waals surface area (Å²) in [5, 5.41) is 3.08. The van der Waals surface area contributed by atoms with Gasteiger partial charge in [0.1, 0.15) is 5.60 Å². The molecule has 0 spiro atoms. The van der Waals surface area contributed by atoms with Crippen molar-refractivity contribution in [2.24, 2.45) is 5.92 Å². The van der Waals surface area contributed by atoms with Crippen molar-refractivity contribution in [2.45, 2.75) is 58.1 Å². The molecule has 1 heterocycles. The fourth-order valence-corrected chi connectivity index (χ4v) is 3.40. The van der Waals surface area contributed by atoms with Crippen molar-refractivity contribution in [3.63, 3.8) is 0 Å². The van der Waals surface area contributed by atoms with Crippen LogP contribution in [0.1, 0.15) is 45.6 Å². The highest BCUT2D eigenvalue weighted by Crippen LogP contribution is 2.33. The number of imide groups is 1. The number of cyclic esters (lactones) is 1. The van der Waals surface area contributed by atoms with E-state index < -0.39 is 11.7 Å². The Hall–Kier alpha value is -1.88. The van der Waals surface area contributed by atoms with Crippen molar-refractivity contribution < 1.29 is 14.3 Å². The Morgan fingerprint density at radius 1 is 1.32 bits per heavy atom. The summed E-state index contributed by atoms with van der Waals surface area (Å²) < 4.78 is 5.55. The maximum atomic E-state index is 13.1. The molecule has 5 heteroatoms. The topological polar surface area (TPSA) is 58.6 Å². The Morgan fingerprint density at radius 3 is 2.60 bits per heavy atom. The fourth-order valence-electron chi connectivity index (χ4n) is 3.40. The lowest BCUT2D eigenvalue weighted by atomic mass is 9.90. The first-order valence-corrected chi connectivity index (χ1v) is 9.15. The average molecular weight is 346 g/mol. The second-order valence-electron chi connectivity index (χ2n) is 7.28. The van der Waals surface area contributed by atoms with Crippen LogP contribution in [0.25, 0.3) is 0 Å². The summed E-state index contributed by atoms with van der Waals surface area (Å²) in [4.78, 5) is 27.0. The van der Waals surface area contributed by atoms with E-state index in [0.717, 1.165) is 24.8 Å². The van der Waals surface area contributed by atoms with Crippen LogP contribution in [0.4, 0.5) is 4.79 Å². The van der Waals surface area contributed by atoms with Gasteiger partial charge < -0.3 is 10.1 Å². The Labute approximate surface area is 150 Å². The average Bonchev–Trinajstić information content (AvgIpc) is 2.80. The molecule has 1 aromatic carbocycles. The van der Waals surface area contributed by atoms with Gasteiger partial charge in [0.25, 0.3) is 0 Å². The minimum absolute atomic E-state index is 0.126. The number of hydrogen-bond acceptors (Lipinski definition) is 4. The molecule has 1 N–H and O–H groups in total. The van der Waals surface area contributed by atoms with Gasteiger partial charge in [-0.2, -0.15) is 0 Å². The standard InChI is InChI=1S/C20H30N2O3/c1-5-6-12-16(14-21-4)18(23)22-17(20(2,3)25-19(22)24)13-15-10-8-7-9-11-15/h7-11,16-17,21H,5-6,12-14H2,1-4H3. The minimum atomic E-state index is -0.697. The van der Waals surface area contributed by atoms with Crippen molar-refractivity contribution in [1.29, 1.82) is 0 Å². The summed E-state index contributed by atoms with van der Waals surface area (Å²) in [6, 6.07) is 9.64. The Bertz CT molecular complexity index is 586. The summed E-state index contributed by atoms with van der Waals surface area (Å²) in [6.07, 6.45) is 2.85. The number of carbonyl (C=O) groups excluding carboxylic acids is 2. The van der Waals surface area contributed by atoms with Crippen molar-refractivity contribution in [2.75, 3.05) is 13.6 Å². The molecular weight excluding hydrogens is 316 g/mol. The third-order valence-corrected chi connectivity index (χ3v) is 4.88. The smallest absolute Gasteiger partial charge is 0.417 e. The van der Waals surface area contributed by atoms with Gasteiger partial charge in [-0.15, -0.1) is 0 Å². The van der Waals surface area contributed by atoms with Crippen LogP contribution >= 0.6 is 0 Å². The highest BCUT2D eigenvalue weighted by molar-refractivity contribution is 5.95. The summed E-state index contributed by atoms with van der Waals surface area (Å²) in [6.45, 7) is 6.43. The molecule has 0 aromatic heterocycles. The molecule has 2 amide bonds. The van der Waals surface area contributed by atoms with Gasteiger partial charge in [0.2, 0.25) is 5.91 Å². The highest BCUT2D eigenvalue weighted by Gasteiger charge is 2.51. The van der Waals surface area contributed by atoms with Crippen molar-refractivity contribution >= 4 is 12.0 Å². The predicted molar refractivity (Wildman–Crippen MR) is 98.3 cm³/mol. The highest BCUT2D eigenvalue weighted by atomic mass is 16.6. The largest absolute Gasteiger partial charge is 0.441 e. The van der Waals surface area contributed by atoms with Gasteiger partial charge in [0.05, 0.1) is 12.0 Å². The first-order chi connectivity index (χ1) is 11.9. The van der Waals surface area contributed by atoms with Crippen LogP contribution in [0, 0.1) is 5.92 Å². The molecule has 0 bridgehead atoms. The van der Waals surface area contributed by atoms with E-state index in [2.05, 4.69) is 12.2 Å². The van der Waals surface area contributed by atoms with Crippen LogP contribution in [0.2, 0.25) is 0 Å². The number of benzene rings is 1. The van der Waals surface area contributed by atoms with Gasteiger partial charge in [-0.1, -0.05) is 50.1 Å². The molecule has 0 aliphatic carbocycles. The second kappa shape index (κ2) is 8.48. The Morgan fingerprint density at radius 2 is 2.00 bits per heavy atom. The number of nitrogens with zero attached hydrogens (tertiary/aromatic N) is 1. The van der Waals surface area contributed by atoms with Gasteiger partial charge in [0, 0.05) is 6.54 Å². The van der Waals surface area contributed by atoms with E-state index in [1.807, 2.05) is 51.2 Å². The normalized spacial score (nSPS) is 20.4. The number of nitrogens with one attached hydrogen (secondary N) is 1. The molecule has 1 aromatic rings. The zero-order valence-corrected chi connectivity index (χ0v) is 15.7. The van der Waals surface area contributed by atoms with Gasteiger partial charge >= 0.3 is 6.09 Å². The lowest BCUT2D eigenvalue weighted by molar-refractivity contribution is -0.134. The van der Waals surface area contributed by atoms with Crippen LogP contribution in [-0.2, 0) is 16.0 Å². The number of unbranched alkanes of at least 4 members (excludes halogenated alkanes) is 1. The third kappa shape index (κ3) is 4.60. The zero-order valence-electron chi connectivity index (χ0n) is 15.7.